The van der Waals surface area contributed by atoms with Crippen molar-refractivity contribution in [3.8, 4) is 23.3 Å². The van der Waals surface area contributed by atoms with Gasteiger partial charge in [-0.25, -0.2) is 0 Å². The van der Waals surface area contributed by atoms with Crippen LogP contribution in [0.25, 0.3) is 0 Å². The third-order valence-corrected chi connectivity index (χ3v) is 27.7. The molecule has 2 fully saturated rings. The summed E-state index contributed by atoms with van der Waals surface area (Å²) in [5, 5.41) is 0. The molecule has 2 aliphatic rings. The van der Waals surface area contributed by atoms with Gasteiger partial charge in [0.05, 0.1) is 26.1 Å². The number of carbonyl (C=O) groups is 2. The van der Waals surface area contributed by atoms with Crippen LogP contribution in [0, 0.1) is 11.8 Å². The van der Waals surface area contributed by atoms with E-state index < -0.39 is 18.4 Å². The third kappa shape index (κ3) is 17.4. The van der Waals surface area contributed by atoms with Gasteiger partial charge in [-0.2, -0.15) is 0 Å². The normalized spacial score (nSPS) is 18.1. The Hall–Kier alpha value is -3.00. The fraction of sp³-hybridized carbons (Fsp3) is 0.625. The molecule has 0 spiro atoms. The van der Waals surface area contributed by atoms with Gasteiger partial charge in [0, 0.05) is 6.42 Å². The fourth-order valence-corrected chi connectivity index (χ4v) is 23.6. The molecule has 0 radical (unpaired) electrons. The number of allylic oxidation sites excluding steroid dienone is 2. The van der Waals surface area contributed by atoms with Gasteiger partial charge < -0.3 is 14.2 Å². The maximum absolute atomic E-state index is 12.4. The van der Waals surface area contributed by atoms with Crippen molar-refractivity contribution in [1.82, 2.24) is 0 Å². The molecule has 2 aromatic rings. The predicted octanol–water partition coefficient (Wildman–Crippen LogP) is 11.8. The van der Waals surface area contributed by atoms with E-state index in [1.807, 2.05) is 36.4 Å². The van der Waals surface area contributed by atoms with Crippen molar-refractivity contribution < 1.29 is 38.0 Å². The minimum absolute atomic E-state index is 0.0448. The van der Waals surface area contributed by atoms with Crippen LogP contribution in [0.15, 0.2) is 58.2 Å². The Kier molecular flexibility index (Phi) is 23.5. The first-order valence-corrected chi connectivity index (χ1v) is 29.2. The average Bonchev–Trinajstić information content (AvgIpc) is 3.24. The molecule has 0 aliphatic carbocycles. The summed E-state index contributed by atoms with van der Waals surface area (Å²) in [6.45, 7) is 12.7. The molecule has 0 bridgehead atoms. The SMILES string of the molecule is CC#C[C@@H](CC(=O)OC)c1ccc(OC2CCCCO2)cc1.CCC[CH2][Sn]([CH2]CCC)([CH2]CCC)/[C](C)=C/[C@@H](CC(=O)OC)c1ccc(OC2CCCCO2)cc1. The molecule has 2 saturated heterocycles. The van der Waals surface area contributed by atoms with Gasteiger partial charge in [0.25, 0.3) is 0 Å². The molecule has 57 heavy (non-hydrogen) atoms. The van der Waals surface area contributed by atoms with Crippen LogP contribution in [0.2, 0.25) is 13.3 Å². The van der Waals surface area contributed by atoms with Gasteiger partial charge in [0.15, 0.2) is 6.29 Å². The number of benzene rings is 2. The number of hydrogen-bond donors (Lipinski definition) is 0. The zero-order valence-electron chi connectivity index (χ0n) is 36.2. The molecule has 0 saturated carbocycles. The first kappa shape index (κ1) is 48.4. The summed E-state index contributed by atoms with van der Waals surface area (Å²) in [6.07, 6.45) is 17.0. The van der Waals surface area contributed by atoms with Crippen molar-refractivity contribution >= 4 is 30.3 Å². The van der Waals surface area contributed by atoms with Crippen LogP contribution in [-0.4, -0.2) is 70.3 Å². The van der Waals surface area contributed by atoms with Crippen molar-refractivity contribution in [2.24, 2.45) is 0 Å². The second-order valence-corrected chi connectivity index (χ2v) is 29.4. The molecule has 2 heterocycles. The van der Waals surface area contributed by atoms with Crippen LogP contribution in [0.1, 0.15) is 147 Å². The Morgan fingerprint density at radius 3 is 1.58 bits per heavy atom. The summed E-state index contributed by atoms with van der Waals surface area (Å²) >= 11 is -2.52. The van der Waals surface area contributed by atoms with Crippen LogP contribution >= 0.6 is 0 Å². The van der Waals surface area contributed by atoms with Gasteiger partial charge in [0.2, 0.25) is 0 Å². The van der Waals surface area contributed by atoms with Crippen LogP contribution in [-0.2, 0) is 28.5 Å². The molecule has 4 rings (SSSR count). The summed E-state index contributed by atoms with van der Waals surface area (Å²) in [6, 6.07) is 16.0. The molecular weight excluding hydrogens is 823 g/mol. The molecule has 0 N–H and O–H groups in total. The van der Waals surface area contributed by atoms with Gasteiger partial charge in [0.1, 0.15) is 5.75 Å². The average molecular weight is 896 g/mol. The zero-order chi connectivity index (χ0) is 41.3. The number of hydrogen-bond acceptors (Lipinski definition) is 8. The van der Waals surface area contributed by atoms with Gasteiger partial charge >= 0.3 is 226 Å². The maximum atomic E-state index is 12.4. The van der Waals surface area contributed by atoms with E-state index >= 15 is 0 Å². The first-order valence-electron chi connectivity index (χ1n) is 21.7. The second-order valence-electron chi connectivity index (χ2n) is 15.5. The molecule has 9 heteroatoms. The first-order chi connectivity index (χ1) is 27.7. The number of esters is 2. The Labute approximate surface area is 349 Å². The number of methoxy groups -OCH3 is 2. The van der Waals surface area contributed by atoms with Crippen LogP contribution in [0.3, 0.4) is 0 Å². The molecule has 316 valence electrons. The summed E-state index contributed by atoms with van der Waals surface area (Å²) < 4.78 is 38.9. The number of ether oxygens (including phenoxy) is 6. The number of unbranched alkanes of at least 4 members (excludes halogenated alkanes) is 3. The number of rotatable bonds is 21. The van der Waals surface area contributed by atoms with Crippen molar-refractivity contribution in [2.75, 3.05) is 27.4 Å². The molecule has 0 amide bonds. The van der Waals surface area contributed by atoms with Crippen LogP contribution in [0.4, 0.5) is 0 Å². The van der Waals surface area contributed by atoms with Crippen molar-refractivity contribution in [1.29, 1.82) is 0 Å². The van der Waals surface area contributed by atoms with Crippen molar-refractivity contribution in [2.45, 2.75) is 162 Å². The van der Waals surface area contributed by atoms with Crippen LogP contribution in [0.5, 0.6) is 11.5 Å². The quantitative estimate of drug-likeness (QED) is 0.0695. The van der Waals surface area contributed by atoms with E-state index in [-0.39, 0.29) is 42.8 Å². The van der Waals surface area contributed by atoms with E-state index in [1.165, 1.54) is 66.1 Å². The van der Waals surface area contributed by atoms with E-state index in [9.17, 15) is 9.59 Å². The Morgan fingerprint density at radius 1 is 0.719 bits per heavy atom. The van der Waals surface area contributed by atoms with E-state index in [0.29, 0.717) is 6.42 Å². The fourth-order valence-electron chi connectivity index (χ4n) is 7.69. The van der Waals surface area contributed by atoms with Crippen LogP contribution < -0.4 is 9.47 Å². The van der Waals surface area contributed by atoms with Gasteiger partial charge in [-0.1, -0.05) is 18.1 Å². The molecule has 2 aromatic carbocycles. The molecule has 8 nitrogen and oxygen atoms in total. The van der Waals surface area contributed by atoms with Gasteiger partial charge in [-0.15, -0.1) is 5.92 Å². The van der Waals surface area contributed by atoms with E-state index in [1.54, 1.807) is 10.5 Å². The molecule has 4 atom stereocenters. The Morgan fingerprint density at radius 2 is 1.18 bits per heavy atom. The minimum atomic E-state index is -2.52. The Balaban J connectivity index is 0.000000338. The predicted molar refractivity (Wildman–Crippen MR) is 232 cm³/mol. The third-order valence-electron chi connectivity index (χ3n) is 11.2. The Bertz CT molecular complexity index is 1490. The van der Waals surface area contributed by atoms with E-state index in [0.717, 1.165) is 74.4 Å². The molecule has 2 aliphatic heterocycles. The topological polar surface area (TPSA) is 89.5 Å². The standard InChI is InChI=1S/C18H23O4.C18H22O4.3C4H9.Sn/c2*1-3-6-15(13-17(19)20-2)14-8-10-16(11-9-14)22-18-7-4-5-12-21-18;3*1-3-4-2;/h6,8-11,15,18H,4-5,7,12-13H2,1-2H3;8-11,15,18H,4-5,7,12-13H2,1-2H3;3*1,3-4H2,2H3;/t2*15-,18?;;;;/m00..../s1. The molecule has 2 unspecified atom stereocenters. The second kappa shape index (κ2) is 27.6. The molecular formula is C48H72O8Sn. The van der Waals surface area contributed by atoms with Crippen molar-refractivity contribution in [3.05, 3.63) is 69.3 Å². The monoisotopic (exact) mass is 896 g/mol. The van der Waals surface area contributed by atoms with E-state index in [4.69, 9.17) is 28.4 Å². The van der Waals surface area contributed by atoms with Crippen molar-refractivity contribution in [3.63, 3.8) is 0 Å². The summed E-state index contributed by atoms with van der Waals surface area (Å²) in [5.74, 6) is 7.01. The van der Waals surface area contributed by atoms with Gasteiger partial charge in [-0.05, 0) is 37.5 Å². The summed E-state index contributed by atoms with van der Waals surface area (Å²) in [7, 11) is 2.88. The molecule has 0 aromatic heterocycles. The zero-order valence-corrected chi connectivity index (χ0v) is 39.1. The van der Waals surface area contributed by atoms with Gasteiger partial charge in [-0.3, -0.25) is 4.79 Å². The van der Waals surface area contributed by atoms with E-state index in [2.05, 4.69) is 57.7 Å². The summed E-state index contributed by atoms with van der Waals surface area (Å²) in [4.78, 5) is 23.9. The number of carbonyl (C=O) groups excluding carboxylic acids is 2. The summed E-state index contributed by atoms with van der Waals surface area (Å²) in [5.41, 5.74) is 2.14.